The lowest BCUT2D eigenvalue weighted by Gasteiger charge is -2.38. The average Bonchev–Trinajstić information content (AvgIpc) is 2.65. The fourth-order valence-corrected chi connectivity index (χ4v) is 3.19. The zero-order valence-corrected chi connectivity index (χ0v) is 15.1. The number of carbonyl (C=O) groups excluding carboxylic acids is 2. The van der Waals surface area contributed by atoms with Crippen molar-refractivity contribution in [3.05, 3.63) is 30.1 Å². The molecule has 8 heteroatoms. The fourth-order valence-electron chi connectivity index (χ4n) is 3.19. The van der Waals surface area contributed by atoms with Crippen LogP contribution in [0.4, 0.5) is 10.1 Å². The maximum Gasteiger partial charge on any atom is 0.272 e. The van der Waals surface area contributed by atoms with Crippen LogP contribution in [0.25, 0.3) is 0 Å². The SMILES string of the molecule is CC(C)C[C@H](C(=O)N1CCN(c2ccc(F)cc2)CC1)C(O)C(=O)NO. The number of rotatable bonds is 6. The summed E-state index contributed by atoms with van der Waals surface area (Å²) < 4.78 is 13.0. The third kappa shape index (κ3) is 4.92. The molecule has 0 saturated carbocycles. The number of aliphatic hydroxyl groups excluding tert-OH is 1. The van der Waals surface area contributed by atoms with E-state index in [9.17, 15) is 19.1 Å². The molecular weight excluding hydrogens is 341 g/mol. The molecule has 2 amide bonds. The summed E-state index contributed by atoms with van der Waals surface area (Å²) in [6, 6.07) is 6.19. The number of amides is 2. The Labute approximate surface area is 152 Å². The van der Waals surface area contributed by atoms with Gasteiger partial charge in [-0.15, -0.1) is 0 Å². The minimum absolute atomic E-state index is 0.102. The second-order valence-corrected chi connectivity index (χ2v) is 6.95. The van der Waals surface area contributed by atoms with Crippen LogP contribution < -0.4 is 10.4 Å². The highest BCUT2D eigenvalue weighted by Crippen LogP contribution is 2.22. The number of hydrogen-bond acceptors (Lipinski definition) is 5. The molecule has 3 N–H and O–H groups in total. The summed E-state index contributed by atoms with van der Waals surface area (Å²) in [6.07, 6.45) is -1.25. The van der Waals surface area contributed by atoms with Gasteiger partial charge in [0.1, 0.15) is 11.9 Å². The third-order valence-electron chi connectivity index (χ3n) is 4.59. The molecule has 1 aromatic rings. The Morgan fingerprint density at radius 1 is 1.15 bits per heavy atom. The molecule has 144 valence electrons. The maximum absolute atomic E-state index is 13.0. The Morgan fingerprint density at radius 2 is 1.73 bits per heavy atom. The summed E-state index contributed by atoms with van der Waals surface area (Å²) in [4.78, 5) is 28.1. The molecule has 7 nitrogen and oxygen atoms in total. The number of carbonyl (C=O) groups is 2. The van der Waals surface area contributed by atoms with Gasteiger partial charge in [-0.3, -0.25) is 14.8 Å². The third-order valence-corrected chi connectivity index (χ3v) is 4.59. The normalized spacial score (nSPS) is 17.2. The molecule has 1 aromatic carbocycles. The van der Waals surface area contributed by atoms with E-state index in [0.29, 0.717) is 32.6 Å². The summed E-state index contributed by atoms with van der Waals surface area (Å²) >= 11 is 0. The monoisotopic (exact) mass is 367 g/mol. The van der Waals surface area contributed by atoms with E-state index in [1.165, 1.54) is 17.6 Å². The highest BCUT2D eigenvalue weighted by molar-refractivity contribution is 5.88. The molecule has 0 aliphatic carbocycles. The van der Waals surface area contributed by atoms with Crippen LogP contribution in [-0.2, 0) is 9.59 Å². The highest BCUT2D eigenvalue weighted by Gasteiger charge is 2.36. The molecule has 26 heavy (non-hydrogen) atoms. The second-order valence-electron chi connectivity index (χ2n) is 6.95. The maximum atomic E-state index is 13.0. The van der Waals surface area contributed by atoms with Crippen LogP contribution >= 0.6 is 0 Å². The summed E-state index contributed by atoms with van der Waals surface area (Å²) in [5.74, 6) is -2.37. The van der Waals surface area contributed by atoms with Gasteiger partial charge in [-0.2, -0.15) is 0 Å². The minimum atomic E-state index is -1.59. The number of nitrogens with zero attached hydrogens (tertiary/aromatic N) is 2. The number of benzene rings is 1. The minimum Gasteiger partial charge on any atom is -0.382 e. The van der Waals surface area contributed by atoms with Gasteiger partial charge in [0.15, 0.2) is 0 Å². The van der Waals surface area contributed by atoms with Gasteiger partial charge in [0.2, 0.25) is 5.91 Å². The molecule has 2 atom stereocenters. The topological polar surface area (TPSA) is 93.1 Å². The van der Waals surface area contributed by atoms with E-state index in [-0.39, 0.29) is 17.6 Å². The summed E-state index contributed by atoms with van der Waals surface area (Å²) in [7, 11) is 0. The van der Waals surface area contributed by atoms with Gasteiger partial charge >= 0.3 is 0 Å². The average molecular weight is 367 g/mol. The Kier molecular flexibility index (Phi) is 6.93. The number of aliphatic hydroxyl groups is 1. The van der Waals surface area contributed by atoms with Gasteiger partial charge in [0.25, 0.3) is 5.91 Å². The van der Waals surface area contributed by atoms with Crippen LogP contribution in [-0.4, -0.2) is 59.3 Å². The van der Waals surface area contributed by atoms with Crippen molar-refractivity contribution in [2.75, 3.05) is 31.1 Å². The van der Waals surface area contributed by atoms with Gasteiger partial charge in [-0.05, 0) is 36.6 Å². The molecule has 0 spiro atoms. The molecule has 1 unspecified atom stereocenters. The van der Waals surface area contributed by atoms with Crippen LogP contribution in [0.2, 0.25) is 0 Å². The Balaban J connectivity index is 2.01. The Hall–Kier alpha value is -2.19. The number of hydroxylamine groups is 1. The standard InChI is InChI=1S/C18H26FN3O4/c1-12(2)11-15(16(23)17(24)20-26)18(25)22-9-7-21(8-10-22)14-5-3-13(19)4-6-14/h3-6,12,15-16,23,26H,7-11H2,1-2H3,(H,20,24)/t15-,16?/m0/s1. The number of nitrogens with one attached hydrogen (secondary N) is 1. The van der Waals surface area contributed by atoms with Gasteiger partial charge in [0, 0.05) is 31.9 Å². The molecular formula is C18H26FN3O4. The van der Waals surface area contributed by atoms with Crippen molar-refractivity contribution in [2.45, 2.75) is 26.4 Å². The van der Waals surface area contributed by atoms with Crippen molar-refractivity contribution < 1.29 is 24.3 Å². The highest BCUT2D eigenvalue weighted by atomic mass is 19.1. The first kappa shape index (κ1) is 20.1. The molecule has 1 aliphatic rings. The molecule has 0 radical (unpaired) electrons. The lowest BCUT2D eigenvalue weighted by atomic mass is 9.90. The lowest BCUT2D eigenvalue weighted by Crippen LogP contribution is -2.53. The summed E-state index contributed by atoms with van der Waals surface area (Å²) in [6.45, 7) is 5.84. The van der Waals surface area contributed by atoms with E-state index in [1.807, 2.05) is 13.8 Å². The van der Waals surface area contributed by atoms with Gasteiger partial charge in [0.05, 0.1) is 5.92 Å². The van der Waals surface area contributed by atoms with Crippen molar-refractivity contribution in [3.8, 4) is 0 Å². The van der Waals surface area contributed by atoms with Crippen molar-refractivity contribution in [3.63, 3.8) is 0 Å². The molecule has 1 saturated heterocycles. The number of piperazine rings is 1. The van der Waals surface area contributed by atoms with Crippen molar-refractivity contribution in [2.24, 2.45) is 11.8 Å². The summed E-state index contributed by atoms with van der Waals surface area (Å²) in [5, 5.41) is 18.9. The number of hydrogen-bond donors (Lipinski definition) is 3. The molecule has 1 fully saturated rings. The van der Waals surface area contributed by atoms with Crippen LogP contribution in [0, 0.1) is 17.7 Å². The quantitative estimate of drug-likeness (QED) is 0.515. The largest absolute Gasteiger partial charge is 0.382 e. The number of anilines is 1. The van der Waals surface area contributed by atoms with Crippen LogP contribution in [0.3, 0.4) is 0 Å². The van der Waals surface area contributed by atoms with Gasteiger partial charge < -0.3 is 14.9 Å². The van der Waals surface area contributed by atoms with Crippen LogP contribution in [0.1, 0.15) is 20.3 Å². The molecule has 1 aliphatic heterocycles. The second kappa shape index (κ2) is 8.95. The first-order valence-corrected chi connectivity index (χ1v) is 8.74. The first-order chi connectivity index (χ1) is 12.3. The smallest absolute Gasteiger partial charge is 0.272 e. The molecule has 2 rings (SSSR count). The van der Waals surface area contributed by atoms with Crippen molar-refractivity contribution in [1.82, 2.24) is 10.4 Å². The van der Waals surface area contributed by atoms with Crippen molar-refractivity contribution >= 4 is 17.5 Å². The predicted octanol–water partition coefficient (Wildman–Crippen LogP) is 1.00. The van der Waals surface area contributed by atoms with E-state index in [1.54, 1.807) is 17.0 Å². The Morgan fingerprint density at radius 3 is 2.23 bits per heavy atom. The van der Waals surface area contributed by atoms with E-state index in [0.717, 1.165) is 5.69 Å². The first-order valence-electron chi connectivity index (χ1n) is 8.74. The van der Waals surface area contributed by atoms with E-state index >= 15 is 0 Å². The zero-order chi connectivity index (χ0) is 19.3. The molecule has 1 heterocycles. The van der Waals surface area contributed by atoms with E-state index < -0.39 is 17.9 Å². The van der Waals surface area contributed by atoms with Gasteiger partial charge in [-0.25, -0.2) is 9.87 Å². The summed E-state index contributed by atoms with van der Waals surface area (Å²) in [5.41, 5.74) is 2.30. The Bertz CT molecular complexity index is 615. The van der Waals surface area contributed by atoms with Crippen molar-refractivity contribution in [1.29, 1.82) is 0 Å². The van der Waals surface area contributed by atoms with E-state index in [2.05, 4.69) is 4.90 Å². The molecule has 0 bridgehead atoms. The van der Waals surface area contributed by atoms with E-state index in [4.69, 9.17) is 5.21 Å². The van der Waals surface area contributed by atoms with Gasteiger partial charge in [-0.1, -0.05) is 13.8 Å². The lowest BCUT2D eigenvalue weighted by molar-refractivity contribution is -0.151. The van der Waals surface area contributed by atoms with Crippen LogP contribution in [0.15, 0.2) is 24.3 Å². The number of halogens is 1. The zero-order valence-electron chi connectivity index (χ0n) is 15.1. The fraction of sp³-hybridized carbons (Fsp3) is 0.556. The predicted molar refractivity (Wildman–Crippen MR) is 94.1 cm³/mol. The molecule has 0 aromatic heterocycles. The van der Waals surface area contributed by atoms with Crippen LogP contribution in [0.5, 0.6) is 0 Å².